The Kier molecular flexibility index (Phi) is 6.18. The zero-order chi connectivity index (χ0) is 22.0. The lowest BCUT2D eigenvalue weighted by Crippen LogP contribution is -2.50. The molecule has 1 aromatic heterocycles. The summed E-state index contributed by atoms with van der Waals surface area (Å²) in [6, 6.07) is 12.9. The van der Waals surface area contributed by atoms with Crippen LogP contribution in [0.4, 0.5) is 0 Å². The molecule has 0 atom stereocenters. The molecule has 0 aliphatic carbocycles. The molecular weight excluding hydrogens is 460 g/mol. The molecule has 1 fully saturated rings. The Bertz CT molecular complexity index is 1180. The third-order valence-electron chi connectivity index (χ3n) is 5.57. The summed E-state index contributed by atoms with van der Waals surface area (Å²) in [5.41, 5.74) is 2.25. The number of benzene rings is 2. The van der Waals surface area contributed by atoms with Crippen molar-refractivity contribution in [3.63, 3.8) is 0 Å². The average Bonchev–Trinajstić information content (AvgIpc) is 2.79. The minimum absolute atomic E-state index is 0.00736. The zero-order valence-corrected chi connectivity index (χ0v) is 18.8. The number of hydrogen-bond donors (Lipinski definition) is 0. The molecule has 1 saturated heterocycles. The number of carbonyl (C=O) groups excluding carboxylic acids is 2. The van der Waals surface area contributed by atoms with Gasteiger partial charge in [-0.05, 0) is 37.3 Å². The van der Waals surface area contributed by atoms with E-state index in [1.54, 1.807) is 21.9 Å². The lowest BCUT2D eigenvalue weighted by molar-refractivity contribution is -0.132. The normalized spacial score (nSPS) is 14.1. The number of rotatable bonds is 4. The fourth-order valence-corrected chi connectivity index (χ4v) is 4.06. The number of amides is 2. The van der Waals surface area contributed by atoms with Crippen LogP contribution >= 0.6 is 15.9 Å². The van der Waals surface area contributed by atoms with Gasteiger partial charge in [-0.25, -0.2) is 4.98 Å². The van der Waals surface area contributed by atoms with Gasteiger partial charge in [0.25, 0.3) is 11.5 Å². The number of hydrogen-bond acceptors (Lipinski definition) is 4. The average molecular weight is 483 g/mol. The van der Waals surface area contributed by atoms with Gasteiger partial charge in [0.05, 0.1) is 17.2 Å². The second-order valence-corrected chi connectivity index (χ2v) is 8.61. The molecule has 0 unspecified atom stereocenters. The predicted octanol–water partition coefficient (Wildman–Crippen LogP) is 2.84. The SMILES string of the molecule is Cc1ccc(C(=O)N2CCN(C(=O)CCn3cnc4ccc(Br)cc4c3=O)CC2)cc1. The maximum atomic E-state index is 12.7. The first-order chi connectivity index (χ1) is 14.9. The lowest BCUT2D eigenvalue weighted by atomic mass is 10.1. The molecule has 2 amide bonds. The van der Waals surface area contributed by atoms with Crippen LogP contribution in [0.1, 0.15) is 22.3 Å². The molecule has 0 spiro atoms. The van der Waals surface area contributed by atoms with Crippen LogP contribution < -0.4 is 5.56 Å². The summed E-state index contributed by atoms with van der Waals surface area (Å²) >= 11 is 3.37. The van der Waals surface area contributed by atoms with E-state index in [-0.39, 0.29) is 30.3 Å². The summed E-state index contributed by atoms with van der Waals surface area (Å²) in [6.07, 6.45) is 1.71. The van der Waals surface area contributed by atoms with Crippen molar-refractivity contribution < 1.29 is 9.59 Å². The van der Waals surface area contributed by atoms with Crippen LogP contribution in [-0.4, -0.2) is 57.3 Å². The number of aromatic nitrogens is 2. The van der Waals surface area contributed by atoms with E-state index < -0.39 is 0 Å². The van der Waals surface area contributed by atoms with E-state index in [2.05, 4.69) is 20.9 Å². The van der Waals surface area contributed by atoms with Crippen molar-refractivity contribution in [2.24, 2.45) is 0 Å². The third-order valence-corrected chi connectivity index (χ3v) is 6.06. The van der Waals surface area contributed by atoms with E-state index >= 15 is 0 Å². The quantitative estimate of drug-likeness (QED) is 0.572. The second-order valence-electron chi connectivity index (χ2n) is 7.69. The van der Waals surface area contributed by atoms with Gasteiger partial charge in [0.2, 0.25) is 5.91 Å². The Hall–Kier alpha value is -3.00. The molecule has 7 nitrogen and oxygen atoms in total. The van der Waals surface area contributed by atoms with Gasteiger partial charge in [-0.15, -0.1) is 0 Å². The molecule has 0 N–H and O–H groups in total. The van der Waals surface area contributed by atoms with Crippen LogP contribution in [-0.2, 0) is 11.3 Å². The van der Waals surface area contributed by atoms with Crippen molar-refractivity contribution in [2.45, 2.75) is 19.9 Å². The Morgan fingerprint density at radius 3 is 2.39 bits per heavy atom. The van der Waals surface area contributed by atoms with Crippen molar-refractivity contribution >= 4 is 38.6 Å². The maximum Gasteiger partial charge on any atom is 0.261 e. The van der Waals surface area contributed by atoms with Gasteiger partial charge >= 0.3 is 0 Å². The second kappa shape index (κ2) is 9.01. The number of nitrogens with zero attached hydrogens (tertiary/aromatic N) is 4. The number of piperazine rings is 1. The number of aryl methyl sites for hydroxylation is 2. The van der Waals surface area contributed by atoms with E-state index in [1.165, 1.54) is 10.9 Å². The van der Waals surface area contributed by atoms with Crippen LogP contribution in [0.5, 0.6) is 0 Å². The fraction of sp³-hybridized carbons (Fsp3) is 0.304. The number of halogens is 1. The Balaban J connectivity index is 1.34. The molecule has 3 aromatic rings. The van der Waals surface area contributed by atoms with Gasteiger partial charge in [0.15, 0.2) is 0 Å². The highest BCUT2D eigenvalue weighted by atomic mass is 79.9. The molecule has 4 rings (SSSR count). The first kappa shape index (κ1) is 21.2. The molecule has 0 radical (unpaired) electrons. The summed E-state index contributed by atoms with van der Waals surface area (Å²) in [7, 11) is 0. The molecule has 0 bridgehead atoms. The smallest absolute Gasteiger partial charge is 0.261 e. The van der Waals surface area contributed by atoms with Crippen molar-refractivity contribution in [3.8, 4) is 0 Å². The van der Waals surface area contributed by atoms with Gasteiger partial charge in [-0.3, -0.25) is 19.0 Å². The minimum Gasteiger partial charge on any atom is -0.339 e. The first-order valence-electron chi connectivity index (χ1n) is 10.2. The standard InChI is InChI=1S/C23H23BrN4O3/c1-16-2-4-17(5-3-16)22(30)27-12-10-26(11-13-27)21(29)8-9-28-15-25-20-7-6-18(24)14-19(20)23(28)31/h2-7,14-15H,8-13H2,1H3. The zero-order valence-electron chi connectivity index (χ0n) is 17.3. The third kappa shape index (κ3) is 4.69. The molecule has 31 heavy (non-hydrogen) atoms. The Morgan fingerprint density at radius 2 is 1.68 bits per heavy atom. The van der Waals surface area contributed by atoms with Crippen molar-refractivity contribution in [3.05, 3.63) is 74.7 Å². The largest absolute Gasteiger partial charge is 0.339 e. The highest BCUT2D eigenvalue weighted by Gasteiger charge is 2.24. The highest BCUT2D eigenvalue weighted by molar-refractivity contribution is 9.10. The minimum atomic E-state index is -0.160. The fourth-order valence-electron chi connectivity index (χ4n) is 3.70. The van der Waals surface area contributed by atoms with Gasteiger partial charge in [-0.1, -0.05) is 33.6 Å². The molecule has 1 aliphatic rings. The van der Waals surface area contributed by atoms with Gasteiger partial charge < -0.3 is 9.80 Å². The molecule has 2 aromatic carbocycles. The summed E-state index contributed by atoms with van der Waals surface area (Å²) in [6.45, 7) is 4.26. The molecule has 2 heterocycles. The topological polar surface area (TPSA) is 75.5 Å². The monoisotopic (exact) mass is 482 g/mol. The lowest BCUT2D eigenvalue weighted by Gasteiger charge is -2.35. The highest BCUT2D eigenvalue weighted by Crippen LogP contribution is 2.15. The maximum absolute atomic E-state index is 12.7. The van der Waals surface area contributed by atoms with Crippen LogP contribution in [0.2, 0.25) is 0 Å². The van der Waals surface area contributed by atoms with E-state index in [9.17, 15) is 14.4 Å². The van der Waals surface area contributed by atoms with Gasteiger partial charge in [0, 0.05) is 49.2 Å². The van der Waals surface area contributed by atoms with Crippen LogP contribution in [0.3, 0.4) is 0 Å². The summed E-state index contributed by atoms with van der Waals surface area (Å²) < 4.78 is 2.29. The molecular formula is C23H23BrN4O3. The van der Waals surface area contributed by atoms with Crippen LogP contribution in [0.15, 0.2) is 58.1 Å². The number of fused-ring (bicyclic) bond motifs is 1. The van der Waals surface area contributed by atoms with Crippen molar-refractivity contribution in [1.82, 2.24) is 19.4 Å². The Morgan fingerprint density at radius 1 is 1.00 bits per heavy atom. The van der Waals surface area contributed by atoms with Crippen LogP contribution in [0, 0.1) is 6.92 Å². The first-order valence-corrected chi connectivity index (χ1v) is 11.0. The van der Waals surface area contributed by atoms with E-state index in [1.807, 2.05) is 37.3 Å². The molecule has 0 saturated carbocycles. The summed E-state index contributed by atoms with van der Waals surface area (Å²) in [5, 5.41) is 0.521. The molecule has 160 valence electrons. The molecule has 1 aliphatic heterocycles. The van der Waals surface area contributed by atoms with E-state index in [4.69, 9.17) is 0 Å². The number of carbonyl (C=O) groups is 2. The summed E-state index contributed by atoms with van der Waals surface area (Å²) in [4.78, 5) is 45.8. The van der Waals surface area contributed by atoms with Gasteiger partial charge in [-0.2, -0.15) is 0 Å². The van der Waals surface area contributed by atoms with Crippen LogP contribution in [0.25, 0.3) is 10.9 Å². The van der Waals surface area contributed by atoms with E-state index in [0.29, 0.717) is 42.6 Å². The van der Waals surface area contributed by atoms with E-state index in [0.717, 1.165) is 10.0 Å². The van der Waals surface area contributed by atoms with Crippen molar-refractivity contribution in [2.75, 3.05) is 26.2 Å². The van der Waals surface area contributed by atoms with Gasteiger partial charge in [0.1, 0.15) is 0 Å². The Labute approximate surface area is 188 Å². The summed E-state index contributed by atoms with van der Waals surface area (Å²) in [5.74, 6) is -0.0317. The predicted molar refractivity (Wildman–Crippen MR) is 122 cm³/mol. The van der Waals surface area contributed by atoms with Crippen molar-refractivity contribution in [1.29, 1.82) is 0 Å². The molecule has 8 heteroatoms.